The summed E-state index contributed by atoms with van der Waals surface area (Å²) in [7, 11) is 1.83. The number of aliphatic hydroxyl groups excluding tert-OH is 1. The SMILES string of the molecule is Cn1cc(C2=CC=C(O)CC(c3ccc(C#CC4NC(=O)NC4=O)cc3)=N2)cn1. The van der Waals surface area contributed by atoms with E-state index >= 15 is 0 Å². The third-order valence-electron chi connectivity index (χ3n) is 4.39. The molecule has 3 N–H and O–H groups in total. The van der Waals surface area contributed by atoms with Crippen LogP contribution in [0.4, 0.5) is 4.79 Å². The summed E-state index contributed by atoms with van der Waals surface area (Å²) in [6.07, 6.45) is 7.29. The number of imide groups is 1. The summed E-state index contributed by atoms with van der Waals surface area (Å²) in [5.74, 6) is 5.37. The summed E-state index contributed by atoms with van der Waals surface area (Å²) in [4.78, 5) is 27.4. The first-order valence-corrected chi connectivity index (χ1v) is 8.88. The van der Waals surface area contributed by atoms with Gasteiger partial charge in [-0.3, -0.25) is 19.8 Å². The van der Waals surface area contributed by atoms with Crippen LogP contribution in [0.5, 0.6) is 0 Å². The first kappa shape index (κ1) is 18.3. The van der Waals surface area contributed by atoms with Crippen molar-refractivity contribution >= 4 is 23.3 Å². The van der Waals surface area contributed by atoms with Gasteiger partial charge in [0.1, 0.15) is 0 Å². The van der Waals surface area contributed by atoms with Gasteiger partial charge in [-0.15, -0.1) is 0 Å². The minimum atomic E-state index is -0.845. The van der Waals surface area contributed by atoms with E-state index in [0.29, 0.717) is 23.4 Å². The zero-order chi connectivity index (χ0) is 20.4. The van der Waals surface area contributed by atoms with Gasteiger partial charge in [-0.2, -0.15) is 5.10 Å². The molecular formula is C21H17N5O3. The molecule has 1 aromatic heterocycles. The minimum Gasteiger partial charge on any atom is -0.512 e. The summed E-state index contributed by atoms with van der Waals surface area (Å²) < 4.78 is 1.69. The number of hydrogen-bond acceptors (Lipinski definition) is 5. The number of allylic oxidation sites excluding steroid dienone is 3. The molecule has 2 aliphatic heterocycles. The number of aromatic nitrogens is 2. The zero-order valence-corrected chi connectivity index (χ0v) is 15.5. The largest absolute Gasteiger partial charge is 0.512 e. The Labute approximate surface area is 166 Å². The number of rotatable bonds is 2. The Morgan fingerprint density at radius 1 is 1.17 bits per heavy atom. The van der Waals surface area contributed by atoms with E-state index in [9.17, 15) is 14.7 Å². The lowest BCUT2D eigenvalue weighted by Gasteiger charge is -2.06. The number of benzene rings is 1. The van der Waals surface area contributed by atoms with E-state index in [1.165, 1.54) is 0 Å². The molecule has 2 aliphatic rings. The molecule has 144 valence electrons. The lowest BCUT2D eigenvalue weighted by molar-refractivity contribution is -0.119. The van der Waals surface area contributed by atoms with Crippen molar-refractivity contribution in [3.8, 4) is 11.8 Å². The highest BCUT2D eigenvalue weighted by atomic mass is 16.3. The van der Waals surface area contributed by atoms with Crippen LogP contribution in [0.15, 0.2) is 59.6 Å². The molecule has 0 radical (unpaired) electrons. The Bertz CT molecular complexity index is 1140. The van der Waals surface area contributed by atoms with E-state index in [2.05, 4.69) is 27.6 Å². The number of carbonyl (C=O) groups excluding carboxylic acids is 2. The molecule has 0 bridgehead atoms. The van der Waals surface area contributed by atoms with Gasteiger partial charge in [-0.05, 0) is 29.8 Å². The topological polar surface area (TPSA) is 109 Å². The van der Waals surface area contributed by atoms with Crippen LogP contribution in [0.3, 0.4) is 0 Å². The van der Waals surface area contributed by atoms with E-state index in [1.54, 1.807) is 35.2 Å². The Hall–Kier alpha value is -4.12. The summed E-state index contributed by atoms with van der Waals surface area (Å²) >= 11 is 0. The molecule has 1 saturated heterocycles. The van der Waals surface area contributed by atoms with E-state index in [4.69, 9.17) is 4.99 Å². The van der Waals surface area contributed by atoms with Gasteiger partial charge in [0.25, 0.3) is 5.91 Å². The molecule has 8 heteroatoms. The predicted molar refractivity (Wildman–Crippen MR) is 107 cm³/mol. The Balaban J connectivity index is 1.57. The van der Waals surface area contributed by atoms with Crippen LogP contribution < -0.4 is 10.6 Å². The molecule has 1 atom stereocenters. The van der Waals surface area contributed by atoms with Crippen LogP contribution in [-0.4, -0.2) is 38.6 Å². The number of carbonyl (C=O) groups is 2. The highest BCUT2D eigenvalue weighted by molar-refractivity contribution is 6.06. The number of aliphatic hydroxyl groups is 1. The second-order valence-corrected chi connectivity index (χ2v) is 6.59. The van der Waals surface area contributed by atoms with Crippen molar-refractivity contribution in [3.05, 3.63) is 71.3 Å². The molecule has 0 saturated carbocycles. The number of nitrogens with one attached hydrogen (secondary N) is 2. The maximum atomic E-state index is 11.5. The number of amides is 3. The normalized spacial score (nSPS) is 18.5. The maximum Gasteiger partial charge on any atom is 0.322 e. The van der Waals surface area contributed by atoms with Gasteiger partial charge in [0.2, 0.25) is 0 Å². The molecule has 4 rings (SSSR count). The second-order valence-electron chi connectivity index (χ2n) is 6.59. The molecule has 29 heavy (non-hydrogen) atoms. The number of aliphatic imine (C=N–C) groups is 1. The summed E-state index contributed by atoms with van der Waals surface area (Å²) in [6.45, 7) is 0. The van der Waals surface area contributed by atoms with Crippen molar-refractivity contribution in [2.45, 2.75) is 12.5 Å². The minimum absolute atomic E-state index is 0.217. The van der Waals surface area contributed by atoms with Gasteiger partial charge in [-0.25, -0.2) is 4.79 Å². The Morgan fingerprint density at radius 2 is 1.97 bits per heavy atom. The van der Waals surface area contributed by atoms with Gasteiger partial charge in [0, 0.05) is 30.8 Å². The van der Waals surface area contributed by atoms with Gasteiger partial charge in [0.15, 0.2) is 6.04 Å². The first-order valence-electron chi connectivity index (χ1n) is 8.88. The van der Waals surface area contributed by atoms with Crippen LogP contribution in [0, 0.1) is 11.8 Å². The maximum absolute atomic E-state index is 11.5. The van der Waals surface area contributed by atoms with Crippen LogP contribution in [-0.2, 0) is 11.8 Å². The number of aryl methyl sites for hydroxylation is 1. The van der Waals surface area contributed by atoms with E-state index < -0.39 is 18.0 Å². The van der Waals surface area contributed by atoms with Crippen molar-refractivity contribution in [3.63, 3.8) is 0 Å². The number of urea groups is 1. The van der Waals surface area contributed by atoms with E-state index in [0.717, 1.165) is 11.1 Å². The quantitative estimate of drug-likeness (QED) is 0.538. The molecular weight excluding hydrogens is 370 g/mol. The molecule has 1 aromatic carbocycles. The van der Waals surface area contributed by atoms with Crippen LogP contribution >= 0.6 is 0 Å². The predicted octanol–water partition coefficient (Wildman–Crippen LogP) is 1.66. The van der Waals surface area contributed by atoms with Gasteiger partial charge >= 0.3 is 6.03 Å². The monoisotopic (exact) mass is 387 g/mol. The van der Waals surface area contributed by atoms with Crippen molar-refractivity contribution in [1.82, 2.24) is 20.4 Å². The van der Waals surface area contributed by atoms with E-state index in [1.807, 2.05) is 25.4 Å². The number of nitrogens with zero attached hydrogens (tertiary/aromatic N) is 3. The average Bonchev–Trinajstić information content (AvgIpc) is 3.20. The molecule has 0 spiro atoms. The fourth-order valence-electron chi connectivity index (χ4n) is 2.93. The fourth-order valence-corrected chi connectivity index (χ4v) is 2.93. The average molecular weight is 387 g/mol. The first-order chi connectivity index (χ1) is 14.0. The molecule has 1 unspecified atom stereocenters. The van der Waals surface area contributed by atoms with Gasteiger partial charge in [-0.1, -0.05) is 24.0 Å². The third kappa shape index (κ3) is 4.09. The molecule has 3 heterocycles. The van der Waals surface area contributed by atoms with Gasteiger partial charge < -0.3 is 10.4 Å². The fraction of sp³-hybridized carbons (Fsp3) is 0.143. The molecule has 1 fully saturated rings. The Kier molecular flexibility index (Phi) is 4.71. The summed E-state index contributed by atoms with van der Waals surface area (Å²) in [6, 6.07) is 5.94. The molecule has 3 amide bonds. The highest BCUT2D eigenvalue weighted by Gasteiger charge is 2.27. The van der Waals surface area contributed by atoms with Crippen molar-refractivity contribution in [2.24, 2.45) is 12.0 Å². The summed E-state index contributed by atoms with van der Waals surface area (Å²) in [5, 5.41) is 18.9. The second kappa shape index (κ2) is 7.48. The van der Waals surface area contributed by atoms with Crippen LogP contribution in [0.2, 0.25) is 0 Å². The van der Waals surface area contributed by atoms with Crippen molar-refractivity contribution < 1.29 is 14.7 Å². The number of hydrogen-bond donors (Lipinski definition) is 3. The van der Waals surface area contributed by atoms with Crippen LogP contribution in [0.1, 0.15) is 23.1 Å². The highest BCUT2D eigenvalue weighted by Crippen LogP contribution is 2.22. The van der Waals surface area contributed by atoms with Gasteiger partial charge in [0.05, 0.1) is 23.4 Å². The molecule has 2 aromatic rings. The lowest BCUT2D eigenvalue weighted by atomic mass is 10.0. The zero-order valence-electron chi connectivity index (χ0n) is 15.5. The van der Waals surface area contributed by atoms with Crippen molar-refractivity contribution in [2.75, 3.05) is 0 Å². The summed E-state index contributed by atoms with van der Waals surface area (Å²) in [5.41, 5.74) is 3.83. The third-order valence-corrected chi connectivity index (χ3v) is 4.39. The lowest BCUT2D eigenvalue weighted by Crippen LogP contribution is -2.26. The standard InChI is InChI=1S/C21H17N5O3/c1-26-12-15(11-22-26)17-9-7-16(27)10-19(23-17)14-5-2-13(3-6-14)4-8-18-20(28)25-21(29)24-18/h2-3,5-7,9,11-12,18,27H,10H2,1H3,(H2,24,25,28,29). The van der Waals surface area contributed by atoms with Crippen LogP contribution in [0.25, 0.3) is 5.70 Å². The van der Waals surface area contributed by atoms with E-state index in [-0.39, 0.29) is 5.76 Å². The Morgan fingerprint density at radius 3 is 2.62 bits per heavy atom. The van der Waals surface area contributed by atoms with Crippen molar-refractivity contribution in [1.29, 1.82) is 0 Å². The molecule has 8 nitrogen and oxygen atoms in total. The smallest absolute Gasteiger partial charge is 0.322 e. The molecule has 0 aliphatic carbocycles.